The smallest absolute Gasteiger partial charge is 0.276 e. The van der Waals surface area contributed by atoms with Crippen molar-refractivity contribution in [1.82, 2.24) is 9.88 Å². The number of aryl methyl sites for hydroxylation is 1. The summed E-state index contributed by atoms with van der Waals surface area (Å²) in [5.41, 5.74) is 3.18. The van der Waals surface area contributed by atoms with Crippen molar-refractivity contribution >= 4 is 5.91 Å². The molecule has 0 bridgehead atoms. The molecule has 2 saturated heterocycles. The van der Waals surface area contributed by atoms with Gasteiger partial charge in [0.2, 0.25) is 0 Å². The van der Waals surface area contributed by atoms with Crippen LogP contribution in [0, 0.1) is 6.92 Å². The van der Waals surface area contributed by atoms with E-state index in [0.717, 1.165) is 45.4 Å². The largest absolute Gasteiger partial charge is 0.445 e. The van der Waals surface area contributed by atoms with Crippen LogP contribution in [-0.2, 0) is 4.74 Å². The second kappa shape index (κ2) is 7.00. The van der Waals surface area contributed by atoms with Gasteiger partial charge in [0, 0.05) is 19.7 Å². The van der Waals surface area contributed by atoms with Gasteiger partial charge >= 0.3 is 0 Å². The average molecular weight is 340 g/mol. The van der Waals surface area contributed by atoms with E-state index >= 15 is 0 Å². The lowest BCUT2D eigenvalue weighted by molar-refractivity contribution is 0.0677. The minimum atomic E-state index is -0.119. The molecule has 3 heterocycles. The van der Waals surface area contributed by atoms with Crippen LogP contribution < -0.4 is 0 Å². The second-order valence-corrected chi connectivity index (χ2v) is 6.99. The van der Waals surface area contributed by atoms with Crippen molar-refractivity contribution < 1.29 is 13.9 Å². The zero-order chi connectivity index (χ0) is 17.2. The van der Waals surface area contributed by atoms with E-state index in [1.807, 2.05) is 4.90 Å². The number of benzene rings is 1. The maximum Gasteiger partial charge on any atom is 0.276 e. The van der Waals surface area contributed by atoms with Crippen LogP contribution in [0.1, 0.15) is 65.1 Å². The van der Waals surface area contributed by atoms with Gasteiger partial charge in [-0.05, 0) is 49.7 Å². The fraction of sp³-hybridized carbons (Fsp3) is 0.500. The Morgan fingerprint density at radius 1 is 1.20 bits per heavy atom. The quantitative estimate of drug-likeness (QED) is 0.851. The Bertz CT molecular complexity index is 741. The number of oxazole rings is 1. The van der Waals surface area contributed by atoms with Crippen molar-refractivity contribution in [2.24, 2.45) is 0 Å². The van der Waals surface area contributed by atoms with Gasteiger partial charge in [-0.2, -0.15) is 0 Å². The van der Waals surface area contributed by atoms with Gasteiger partial charge < -0.3 is 14.1 Å². The molecule has 2 fully saturated rings. The molecule has 0 aliphatic carbocycles. The van der Waals surface area contributed by atoms with E-state index in [4.69, 9.17) is 9.15 Å². The summed E-state index contributed by atoms with van der Waals surface area (Å²) in [6.45, 7) is 4.41. The lowest BCUT2D eigenvalue weighted by Crippen LogP contribution is -2.38. The Kier molecular flexibility index (Phi) is 4.57. The first kappa shape index (κ1) is 16.3. The average Bonchev–Trinajstić information content (AvgIpc) is 3.33. The second-order valence-electron chi connectivity index (χ2n) is 6.99. The van der Waals surface area contributed by atoms with Crippen LogP contribution in [-0.4, -0.2) is 35.5 Å². The first-order valence-electron chi connectivity index (χ1n) is 9.14. The number of piperidine rings is 1. The molecule has 2 aliphatic rings. The minimum absolute atomic E-state index is 0.0255. The Labute approximate surface area is 148 Å². The van der Waals surface area contributed by atoms with E-state index in [1.165, 1.54) is 17.5 Å². The van der Waals surface area contributed by atoms with Gasteiger partial charge in [-0.15, -0.1) is 0 Å². The molecule has 2 aromatic rings. The Morgan fingerprint density at radius 2 is 2.00 bits per heavy atom. The Hall–Kier alpha value is -2.14. The Balaban J connectivity index is 1.44. The molecule has 0 spiro atoms. The highest BCUT2D eigenvalue weighted by Crippen LogP contribution is 2.33. The Morgan fingerprint density at radius 3 is 2.72 bits per heavy atom. The van der Waals surface area contributed by atoms with E-state index in [-0.39, 0.29) is 12.0 Å². The van der Waals surface area contributed by atoms with Crippen LogP contribution in [0.25, 0.3) is 0 Å². The van der Waals surface area contributed by atoms with E-state index in [0.29, 0.717) is 17.4 Å². The lowest BCUT2D eigenvalue weighted by Gasteiger charge is -2.32. The predicted octanol–water partition coefficient (Wildman–Crippen LogP) is 3.85. The van der Waals surface area contributed by atoms with Gasteiger partial charge in [0.05, 0.1) is 0 Å². The van der Waals surface area contributed by atoms with Crippen LogP contribution >= 0.6 is 0 Å². The number of hydrogen-bond donors (Lipinski definition) is 0. The summed E-state index contributed by atoms with van der Waals surface area (Å²) in [7, 11) is 0. The third-order valence-corrected chi connectivity index (χ3v) is 5.43. The third kappa shape index (κ3) is 3.21. The zero-order valence-corrected chi connectivity index (χ0v) is 14.6. The number of ether oxygens (including phenoxy) is 1. The van der Waals surface area contributed by atoms with Crippen molar-refractivity contribution in [1.29, 1.82) is 0 Å². The highest BCUT2D eigenvalue weighted by molar-refractivity contribution is 5.93. The highest BCUT2D eigenvalue weighted by Gasteiger charge is 2.32. The topological polar surface area (TPSA) is 55.6 Å². The standard InChI is InChI=1S/C20H24N2O3/c1-14-5-2-3-6-16(14)15-8-10-22(11-9-15)20(23)18-19(25-13-21-18)17-7-4-12-24-17/h2-3,5-6,13,15,17H,4,7-12H2,1H3/t17-/m1/s1. The van der Waals surface area contributed by atoms with Gasteiger partial charge in [-0.25, -0.2) is 4.98 Å². The van der Waals surface area contributed by atoms with Crippen molar-refractivity contribution in [3.05, 3.63) is 53.2 Å². The number of carbonyl (C=O) groups is 1. The molecule has 1 aromatic heterocycles. The molecule has 0 unspecified atom stereocenters. The van der Waals surface area contributed by atoms with Gasteiger partial charge in [-0.3, -0.25) is 4.79 Å². The number of likely N-dealkylation sites (tertiary alicyclic amines) is 1. The maximum absolute atomic E-state index is 12.9. The van der Waals surface area contributed by atoms with Crippen LogP contribution in [0.5, 0.6) is 0 Å². The van der Waals surface area contributed by atoms with E-state index in [1.54, 1.807) is 0 Å². The SMILES string of the molecule is Cc1ccccc1C1CCN(C(=O)c2ncoc2[C@H]2CCCO2)CC1. The van der Waals surface area contributed by atoms with Crippen molar-refractivity contribution in [2.45, 2.75) is 44.6 Å². The fourth-order valence-corrected chi connectivity index (χ4v) is 4.02. The monoisotopic (exact) mass is 340 g/mol. The van der Waals surface area contributed by atoms with Gasteiger partial charge in [0.1, 0.15) is 6.10 Å². The molecule has 2 aliphatic heterocycles. The van der Waals surface area contributed by atoms with Gasteiger partial charge in [0.25, 0.3) is 5.91 Å². The normalized spacial score (nSPS) is 21.6. The third-order valence-electron chi connectivity index (χ3n) is 5.43. The molecular weight excluding hydrogens is 316 g/mol. The molecule has 5 nitrogen and oxygen atoms in total. The van der Waals surface area contributed by atoms with Crippen LogP contribution in [0.15, 0.2) is 35.1 Å². The first-order chi connectivity index (χ1) is 12.2. The zero-order valence-electron chi connectivity index (χ0n) is 14.6. The van der Waals surface area contributed by atoms with Crippen LogP contribution in [0.2, 0.25) is 0 Å². The van der Waals surface area contributed by atoms with E-state index in [9.17, 15) is 4.79 Å². The molecule has 25 heavy (non-hydrogen) atoms. The first-order valence-corrected chi connectivity index (χ1v) is 9.14. The highest BCUT2D eigenvalue weighted by atomic mass is 16.5. The molecule has 5 heteroatoms. The summed E-state index contributed by atoms with van der Waals surface area (Å²) in [4.78, 5) is 19.0. The minimum Gasteiger partial charge on any atom is -0.445 e. The van der Waals surface area contributed by atoms with Crippen molar-refractivity contribution in [3.8, 4) is 0 Å². The van der Waals surface area contributed by atoms with Crippen LogP contribution in [0.3, 0.4) is 0 Å². The predicted molar refractivity (Wildman–Crippen MR) is 93.5 cm³/mol. The maximum atomic E-state index is 12.9. The molecule has 132 valence electrons. The molecular formula is C20H24N2O3. The summed E-state index contributed by atoms with van der Waals surface area (Å²) >= 11 is 0. The number of carbonyl (C=O) groups excluding carboxylic acids is 1. The molecule has 0 saturated carbocycles. The van der Waals surface area contributed by atoms with Crippen molar-refractivity contribution in [2.75, 3.05) is 19.7 Å². The molecule has 0 radical (unpaired) electrons. The lowest BCUT2D eigenvalue weighted by atomic mass is 9.87. The molecule has 1 amide bonds. The van der Waals surface area contributed by atoms with E-state index < -0.39 is 0 Å². The number of rotatable bonds is 3. The summed E-state index contributed by atoms with van der Waals surface area (Å²) in [5, 5.41) is 0. The van der Waals surface area contributed by atoms with Gasteiger partial charge in [-0.1, -0.05) is 24.3 Å². The fourth-order valence-electron chi connectivity index (χ4n) is 4.02. The van der Waals surface area contributed by atoms with E-state index in [2.05, 4.69) is 36.2 Å². The number of hydrogen-bond acceptors (Lipinski definition) is 4. The number of amides is 1. The molecule has 1 atom stereocenters. The van der Waals surface area contributed by atoms with Crippen LogP contribution in [0.4, 0.5) is 0 Å². The summed E-state index contributed by atoms with van der Waals surface area (Å²) in [6, 6.07) is 8.55. The molecule has 1 aromatic carbocycles. The summed E-state index contributed by atoms with van der Waals surface area (Å²) < 4.78 is 11.1. The summed E-state index contributed by atoms with van der Waals surface area (Å²) in [5.74, 6) is 1.10. The number of nitrogens with zero attached hydrogens (tertiary/aromatic N) is 2. The van der Waals surface area contributed by atoms with Crippen molar-refractivity contribution in [3.63, 3.8) is 0 Å². The van der Waals surface area contributed by atoms with Gasteiger partial charge in [0.15, 0.2) is 17.8 Å². The molecule has 0 N–H and O–H groups in total. The summed E-state index contributed by atoms with van der Waals surface area (Å²) in [6.07, 6.45) is 5.12. The number of aromatic nitrogens is 1. The molecule has 4 rings (SSSR count).